The van der Waals surface area contributed by atoms with E-state index in [9.17, 15) is 18.0 Å². The zero-order valence-electron chi connectivity index (χ0n) is 18.6. The van der Waals surface area contributed by atoms with Crippen LogP contribution in [0.5, 0.6) is 5.75 Å². The van der Waals surface area contributed by atoms with Gasteiger partial charge in [0.1, 0.15) is 11.4 Å². The summed E-state index contributed by atoms with van der Waals surface area (Å²) in [5.41, 5.74) is 0.168. The molecule has 2 aromatic carbocycles. The average molecular weight is 492 g/mol. The molecule has 2 N–H and O–H groups in total. The smallest absolute Gasteiger partial charge is 0.433 e. The van der Waals surface area contributed by atoms with Gasteiger partial charge >= 0.3 is 6.18 Å². The maximum absolute atomic E-state index is 13.3. The molecular weight excluding hydrogens is 467 g/mol. The molecule has 9 heteroatoms. The lowest BCUT2D eigenvalue weighted by molar-refractivity contribution is -0.140. The van der Waals surface area contributed by atoms with Crippen molar-refractivity contribution >= 4 is 34.1 Å². The molecule has 34 heavy (non-hydrogen) atoms. The summed E-state index contributed by atoms with van der Waals surface area (Å²) in [6.45, 7) is 0.524. The number of carbonyl (C=O) groups is 1. The number of aromatic nitrogens is 1. The number of ether oxygens (including phenoxy) is 1. The van der Waals surface area contributed by atoms with Crippen molar-refractivity contribution in [3.05, 3.63) is 64.8 Å². The molecule has 180 valence electrons. The highest BCUT2D eigenvalue weighted by Crippen LogP contribution is 2.35. The molecule has 1 aliphatic rings. The first-order valence-electron chi connectivity index (χ1n) is 11.1. The number of halogens is 4. The lowest BCUT2D eigenvalue weighted by Crippen LogP contribution is -2.38. The van der Waals surface area contributed by atoms with Crippen LogP contribution < -0.4 is 15.4 Å². The zero-order chi connectivity index (χ0) is 24.3. The Labute approximate surface area is 200 Å². The lowest BCUT2D eigenvalue weighted by Gasteiger charge is -2.29. The highest BCUT2D eigenvalue weighted by atomic mass is 35.5. The Morgan fingerprint density at radius 1 is 1.12 bits per heavy atom. The largest absolute Gasteiger partial charge is 0.496 e. The average Bonchev–Trinajstić information content (AvgIpc) is 2.82. The molecule has 1 aliphatic carbocycles. The fraction of sp³-hybridized carbons (Fsp3) is 0.360. The highest BCUT2D eigenvalue weighted by Gasteiger charge is 2.33. The number of nitrogens with zero attached hydrogens (tertiary/aromatic N) is 1. The summed E-state index contributed by atoms with van der Waals surface area (Å²) in [4.78, 5) is 16.4. The molecule has 5 nitrogen and oxygen atoms in total. The van der Waals surface area contributed by atoms with Gasteiger partial charge in [-0.15, -0.1) is 0 Å². The van der Waals surface area contributed by atoms with Crippen LogP contribution in [-0.4, -0.2) is 30.6 Å². The Hall–Kier alpha value is -3.00. The molecule has 0 aliphatic heterocycles. The van der Waals surface area contributed by atoms with E-state index in [0.29, 0.717) is 34.0 Å². The van der Waals surface area contributed by atoms with Gasteiger partial charge in [-0.05, 0) is 68.0 Å². The number of nitrogens with one attached hydrogen (secondary N) is 2. The third kappa shape index (κ3) is 5.55. The third-order valence-corrected chi connectivity index (χ3v) is 6.41. The quantitative estimate of drug-likeness (QED) is 0.424. The fourth-order valence-electron chi connectivity index (χ4n) is 4.35. The molecule has 3 aromatic rings. The summed E-state index contributed by atoms with van der Waals surface area (Å²) in [5.74, 6) is 0.635. The number of amides is 1. The van der Waals surface area contributed by atoms with Crippen LogP contribution in [0.2, 0.25) is 5.02 Å². The van der Waals surface area contributed by atoms with Crippen LogP contribution in [0, 0.1) is 5.92 Å². The van der Waals surface area contributed by atoms with Gasteiger partial charge in [0.25, 0.3) is 5.91 Å². The van der Waals surface area contributed by atoms with E-state index in [2.05, 4.69) is 15.6 Å². The van der Waals surface area contributed by atoms with Crippen LogP contribution in [0.1, 0.15) is 41.7 Å². The van der Waals surface area contributed by atoms with Crippen molar-refractivity contribution in [1.29, 1.82) is 0 Å². The number of para-hydroxylation sites is 1. The number of fused-ring (bicyclic) bond motifs is 1. The molecule has 0 radical (unpaired) electrons. The molecular formula is C25H25ClF3N3O2. The van der Waals surface area contributed by atoms with Gasteiger partial charge < -0.3 is 15.4 Å². The summed E-state index contributed by atoms with van der Waals surface area (Å²) in [7, 11) is 1.53. The first kappa shape index (κ1) is 24.1. The van der Waals surface area contributed by atoms with Crippen LogP contribution in [0.3, 0.4) is 0 Å². The van der Waals surface area contributed by atoms with Gasteiger partial charge in [0.2, 0.25) is 0 Å². The van der Waals surface area contributed by atoms with E-state index in [1.165, 1.54) is 19.2 Å². The molecule has 0 bridgehead atoms. The second-order valence-electron chi connectivity index (χ2n) is 8.49. The fourth-order valence-corrected chi connectivity index (χ4v) is 4.52. The number of alkyl halides is 3. The molecule has 0 atom stereocenters. The lowest BCUT2D eigenvalue weighted by atomic mass is 9.85. The van der Waals surface area contributed by atoms with E-state index in [4.69, 9.17) is 16.3 Å². The number of anilines is 1. The first-order chi connectivity index (χ1) is 16.2. The Morgan fingerprint density at radius 2 is 1.85 bits per heavy atom. The molecule has 1 amide bonds. The number of benzene rings is 2. The summed E-state index contributed by atoms with van der Waals surface area (Å²) in [5, 5.41) is 7.25. The number of pyridine rings is 1. The second kappa shape index (κ2) is 10.1. The molecule has 0 saturated heterocycles. The van der Waals surface area contributed by atoms with Crippen LogP contribution >= 0.6 is 11.6 Å². The van der Waals surface area contributed by atoms with E-state index in [0.717, 1.165) is 31.7 Å². The summed E-state index contributed by atoms with van der Waals surface area (Å²) >= 11 is 6.07. The summed E-state index contributed by atoms with van der Waals surface area (Å²) < 4.78 is 45.2. The van der Waals surface area contributed by atoms with Gasteiger partial charge in [-0.25, -0.2) is 4.98 Å². The molecule has 1 saturated carbocycles. The third-order valence-electron chi connectivity index (χ3n) is 6.18. The SMILES string of the molecule is COc1ccccc1C(=O)N[C@H]1CC[C@@H](CNc2cc(C(F)(F)F)nc3ccc(Cl)cc23)CC1. The summed E-state index contributed by atoms with van der Waals surface area (Å²) in [6.07, 6.45) is -1.25. The minimum Gasteiger partial charge on any atom is -0.496 e. The highest BCUT2D eigenvalue weighted by molar-refractivity contribution is 6.31. The maximum Gasteiger partial charge on any atom is 0.433 e. The monoisotopic (exact) mass is 491 g/mol. The van der Waals surface area contributed by atoms with Crippen molar-refractivity contribution in [1.82, 2.24) is 10.3 Å². The molecule has 1 fully saturated rings. The molecule has 0 spiro atoms. The Bertz CT molecular complexity index is 1180. The summed E-state index contributed by atoms with van der Waals surface area (Å²) in [6, 6.07) is 12.8. The number of rotatable bonds is 6. The van der Waals surface area contributed by atoms with Crippen molar-refractivity contribution in [2.45, 2.75) is 37.9 Å². The van der Waals surface area contributed by atoms with Crippen LogP contribution in [-0.2, 0) is 6.18 Å². The van der Waals surface area contributed by atoms with E-state index >= 15 is 0 Å². The number of carbonyl (C=O) groups excluding carboxylic acids is 1. The van der Waals surface area contributed by atoms with Crippen molar-refractivity contribution < 1.29 is 22.7 Å². The molecule has 4 rings (SSSR count). The first-order valence-corrected chi connectivity index (χ1v) is 11.5. The number of methoxy groups -OCH3 is 1. The topological polar surface area (TPSA) is 63.2 Å². The van der Waals surface area contributed by atoms with Crippen LogP contribution in [0.25, 0.3) is 10.9 Å². The van der Waals surface area contributed by atoms with Crippen molar-refractivity contribution in [3.8, 4) is 5.75 Å². The zero-order valence-corrected chi connectivity index (χ0v) is 19.3. The Morgan fingerprint density at radius 3 is 2.56 bits per heavy atom. The van der Waals surface area contributed by atoms with Crippen LogP contribution in [0.4, 0.5) is 18.9 Å². The van der Waals surface area contributed by atoms with Crippen molar-refractivity contribution in [2.75, 3.05) is 19.0 Å². The molecule has 1 aromatic heterocycles. The van der Waals surface area contributed by atoms with Gasteiger partial charge in [0.15, 0.2) is 0 Å². The second-order valence-corrected chi connectivity index (χ2v) is 8.92. The van der Waals surface area contributed by atoms with Gasteiger partial charge in [0, 0.05) is 28.7 Å². The Kier molecular flexibility index (Phi) is 7.16. The predicted molar refractivity (Wildman–Crippen MR) is 126 cm³/mol. The Balaban J connectivity index is 1.38. The van der Waals surface area contributed by atoms with Crippen molar-refractivity contribution in [2.24, 2.45) is 5.92 Å². The van der Waals surface area contributed by atoms with E-state index in [1.54, 1.807) is 24.3 Å². The van der Waals surface area contributed by atoms with E-state index < -0.39 is 11.9 Å². The van der Waals surface area contributed by atoms with Gasteiger partial charge in [0.05, 0.1) is 18.2 Å². The minimum absolute atomic E-state index is 0.0473. The van der Waals surface area contributed by atoms with Gasteiger partial charge in [-0.3, -0.25) is 4.79 Å². The number of hydrogen-bond donors (Lipinski definition) is 2. The maximum atomic E-state index is 13.3. The van der Waals surface area contributed by atoms with Gasteiger partial charge in [-0.2, -0.15) is 13.2 Å². The van der Waals surface area contributed by atoms with E-state index in [-0.39, 0.29) is 23.4 Å². The molecule has 1 heterocycles. The predicted octanol–water partition coefficient (Wildman–Crippen LogP) is 6.32. The molecule has 0 unspecified atom stereocenters. The normalized spacial score (nSPS) is 18.5. The minimum atomic E-state index is -4.54. The van der Waals surface area contributed by atoms with Crippen LogP contribution in [0.15, 0.2) is 48.5 Å². The van der Waals surface area contributed by atoms with Gasteiger partial charge in [-0.1, -0.05) is 23.7 Å². The van der Waals surface area contributed by atoms with E-state index in [1.807, 2.05) is 6.07 Å². The standard InChI is InChI=1S/C25H25ClF3N3O2/c1-34-22-5-3-2-4-18(22)24(33)31-17-9-6-15(7-10-17)14-30-21-13-23(25(27,28)29)32-20-11-8-16(26)12-19(20)21/h2-5,8,11-13,15,17H,6-7,9-10,14H2,1H3,(H,30,32)(H,31,33)/t15-,17+. The number of hydrogen-bond acceptors (Lipinski definition) is 4. The van der Waals surface area contributed by atoms with Crippen molar-refractivity contribution in [3.63, 3.8) is 0 Å².